The third-order valence-electron chi connectivity index (χ3n) is 5.97. The molecule has 7 nitrogen and oxygen atoms in total. The maximum absolute atomic E-state index is 13.0. The average molecular weight is 462 g/mol. The Morgan fingerprint density at radius 1 is 1.15 bits per heavy atom. The molecular formula is C25H27N5O2S. The Kier molecular flexibility index (Phi) is 5.76. The van der Waals surface area contributed by atoms with Crippen LogP contribution in [-0.4, -0.2) is 40.7 Å². The summed E-state index contributed by atoms with van der Waals surface area (Å²) in [5, 5.41) is 8.78. The molecule has 0 aliphatic carbocycles. The summed E-state index contributed by atoms with van der Waals surface area (Å²) < 4.78 is 7.06. The van der Waals surface area contributed by atoms with Crippen LogP contribution in [0.15, 0.2) is 48.7 Å². The molecule has 8 heteroatoms. The zero-order valence-corrected chi connectivity index (χ0v) is 19.9. The third-order valence-corrected chi connectivity index (χ3v) is 6.95. The number of piperidine rings is 1. The van der Waals surface area contributed by atoms with Crippen molar-refractivity contribution in [1.29, 1.82) is 0 Å². The van der Waals surface area contributed by atoms with Crippen LogP contribution in [-0.2, 0) is 4.79 Å². The number of amides is 1. The normalized spacial score (nSPS) is 16.2. The van der Waals surface area contributed by atoms with E-state index < -0.39 is 0 Å². The first-order valence-corrected chi connectivity index (χ1v) is 11.9. The van der Waals surface area contributed by atoms with E-state index in [9.17, 15) is 4.79 Å². The smallest absolute Gasteiger partial charge is 0.229 e. The van der Waals surface area contributed by atoms with E-state index >= 15 is 0 Å². The van der Waals surface area contributed by atoms with Crippen LogP contribution in [0.5, 0.6) is 5.75 Å². The summed E-state index contributed by atoms with van der Waals surface area (Å²) in [6.07, 6.45) is 3.80. The summed E-state index contributed by atoms with van der Waals surface area (Å²) >= 11 is 1.56. The number of carbonyl (C=O) groups is 1. The minimum absolute atomic E-state index is 0.0642. The third kappa shape index (κ3) is 4.57. The number of aromatic nitrogens is 3. The Bertz CT molecular complexity index is 1240. The maximum Gasteiger partial charge on any atom is 0.229 e. The Hall–Kier alpha value is -3.39. The number of rotatable bonds is 5. The monoisotopic (exact) mass is 461 g/mol. The van der Waals surface area contributed by atoms with Gasteiger partial charge in [0.15, 0.2) is 0 Å². The quantitative estimate of drug-likeness (QED) is 0.456. The van der Waals surface area contributed by atoms with Crippen LogP contribution in [0.2, 0.25) is 0 Å². The van der Waals surface area contributed by atoms with Gasteiger partial charge in [-0.2, -0.15) is 0 Å². The predicted octanol–water partition coefficient (Wildman–Crippen LogP) is 4.94. The zero-order chi connectivity index (χ0) is 22.9. The Labute approximate surface area is 197 Å². The van der Waals surface area contributed by atoms with E-state index in [0.29, 0.717) is 6.54 Å². The maximum atomic E-state index is 13.0. The van der Waals surface area contributed by atoms with Crippen molar-refractivity contribution in [2.45, 2.75) is 26.7 Å². The number of hydrogen-bond donors (Lipinski definition) is 1. The summed E-state index contributed by atoms with van der Waals surface area (Å²) in [6, 6.07) is 14.0. The van der Waals surface area contributed by atoms with Crippen LogP contribution in [0.25, 0.3) is 16.2 Å². The van der Waals surface area contributed by atoms with Crippen molar-refractivity contribution in [3.63, 3.8) is 0 Å². The molecule has 170 valence electrons. The molecule has 1 N–H and O–H groups in total. The lowest BCUT2D eigenvalue weighted by Gasteiger charge is -2.31. The van der Waals surface area contributed by atoms with E-state index in [0.717, 1.165) is 63.3 Å². The minimum atomic E-state index is -0.0642. The molecule has 1 amide bonds. The van der Waals surface area contributed by atoms with E-state index in [2.05, 4.69) is 16.3 Å². The fraction of sp³-hybridized carbons (Fsp3) is 0.320. The molecule has 2 aromatic carbocycles. The van der Waals surface area contributed by atoms with Crippen molar-refractivity contribution in [2.75, 3.05) is 30.4 Å². The topological polar surface area (TPSA) is 71.8 Å². The number of imidazole rings is 1. The molecule has 1 fully saturated rings. The van der Waals surface area contributed by atoms with E-state index in [1.165, 1.54) is 0 Å². The molecule has 0 radical (unpaired) electrons. The molecule has 0 spiro atoms. The van der Waals surface area contributed by atoms with E-state index in [-0.39, 0.29) is 11.8 Å². The number of hydrogen-bond acceptors (Lipinski definition) is 6. The predicted molar refractivity (Wildman–Crippen MR) is 132 cm³/mol. The van der Waals surface area contributed by atoms with Gasteiger partial charge in [0.1, 0.15) is 5.75 Å². The molecule has 4 aromatic rings. The highest BCUT2D eigenvalue weighted by Crippen LogP contribution is 2.30. The van der Waals surface area contributed by atoms with E-state index in [4.69, 9.17) is 14.8 Å². The van der Waals surface area contributed by atoms with Crippen molar-refractivity contribution in [2.24, 2.45) is 5.92 Å². The van der Waals surface area contributed by atoms with Gasteiger partial charge in [0, 0.05) is 24.3 Å². The average Bonchev–Trinajstić information content (AvgIpc) is 3.38. The molecule has 0 unspecified atom stereocenters. The Balaban J connectivity index is 1.29. The number of aryl methyl sites for hydroxylation is 2. The standard InChI is InChI=1S/C25H27N5O2S/c1-16-11-17(2)13-20(12-16)26-23(31)19-5-4-10-29(14-19)25-28-30-15-22(27-24(30)33-25)18-6-8-21(32-3)9-7-18/h6-9,11-13,15,19H,4-5,10,14H2,1-3H3,(H,26,31)/t19-/m0/s1. The van der Waals surface area contributed by atoms with Gasteiger partial charge in [-0.05, 0) is 74.2 Å². The molecule has 1 aliphatic heterocycles. The fourth-order valence-electron chi connectivity index (χ4n) is 4.37. The molecule has 2 aromatic heterocycles. The lowest BCUT2D eigenvalue weighted by atomic mass is 9.97. The van der Waals surface area contributed by atoms with Gasteiger partial charge in [-0.15, -0.1) is 5.10 Å². The molecular weight excluding hydrogens is 434 g/mol. The molecule has 0 saturated carbocycles. The second kappa shape index (κ2) is 8.86. The molecule has 0 bridgehead atoms. The highest BCUT2D eigenvalue weighted by molar-refractivity contribution is 7.20. The lowest BCUT2D eigenvalue weighted by molar-refractivity contribution is -0.120. The number of nitrogens with zero attached hydrogens (tertiary/aromatic N) is 4. The van der Waals surface area contributed by atoms with Gasteiger partial charge in [-0.3, -0.25) is 4.79 Å². The van der Waals surface area contributed by atoms with Crippen molar-refractivity contribution < 1.29 is 9.53 Å². The van der Waals surface area contributed by atoms with Crippen LogP contribution in [0, 0.1) is 19.8 Å². The first-order chi connectivity index (χ1) is 16.0. The number of carbonyl (C=O) groups excluding carboxylic acids is 1. The summed E-state index contributed by atoms with van der Waals surface area (Å²) in [7, 11) is 1.66. The van der Waals surface area contributed by atoms with Gasteiger partial charge < -0.3 is 15.0 Å². The van der Waals surface area contributed by atoms with Gasteiger partial charge >= 0.3 is 0 Å². The SMILES string of the molecule is COc1ccc(-c2cn3nc(N4CCC[C@H](C(=O)Nc5cc(C)cc(C)c5)C4)sc3n2)cc1. The number of methoxy groups -OCH3 is 1. The first-order valence-electron chi connectivity index (χ1n) is 11.1. The molecule has 3 heterocycles. The molecule has 1 saturated heterocycles. The fourth-order valence-corrected chi connectivity index (χ4v) is 5.29. The van der Waals surface area contributed by atoms with Crippen molar-refractivity contribution in [3.05, 3.63) is 59.8 Å². The van der Waals surface area contributed by atoms with Crippen LogP contribution in [0.4, 0.5) is 10.8 Å². The summed E-state index contributed by atoms with van der Waals surface area (Å²) in [5.74, 6) is 0.833. The molecule has 1 atom stereocenters. The number of fused-ring (bicyclic) bond motifs is 1. The first kappa shape index (κ1) is 21.5. The van der Waals surface area contributed by atoms with E-state index in [1.807, 2.05) is 61.0 Å². The van der Waals surface area contributed by atoms with Crippen molar-refractivity contribution >= 4 is 33.0 Å². The number of benzene rings is 2. The summed E-state index contributed by atoms with van der Waals surface area (Å²) in [5.41, 5.74) is 5.07. The highest BCUT2D eigenvalue weighted by atomic mass is 32.1. The molecule has 5 rings (SSSR count). The minimum Gasteiger partial charge on any atom is -0.497 e. The zero-order valence-electron chi connectivity index (χ0n) is 19.0. The van der Waals surface area contributed by atoms with Crippen LogP contribution < -0.4 is 15.0 Å². The Morgan fingerprint density at radius 3 is 2.61 bits per heavy atom. The number of ether oxygens (including phenoxy) is 1. The van der Waals surface area contributed by atoms with Gasteiger partial charge in [0.2, 0.25) is 16.0 Å². The van der Waals surface area contributed by atoms with Crippen molar-refractivity contribution in [3.8, 4) is 17.0 Å². The highest BCUT2D eigenvalue weighted by Gasteiger charge is 2.28. The van der Waals surface area contributed by atoms with Crippen molar-refractivity contribution in [1.82, 2.24) is 14.6 Å². The number of nitrogens with one attached hydrogen (secondary N) is 1. The molecule has 33 heavy (non-hydrogen) atoms. The van der Waals surface area contributed by atoms with Gasteiger partial charge in [-0.1, -0.05) is 17.4 Å². The van der Waals surface area contributed by atoms with Crippen LogP contribution in [0.3, 0.4) is 0 Å². The van der Waals surface area contributed by atoms with Gasteiger partial charge in [0.25, 0.3) is 0 Å². The van der Waals surface area contributed by atoms with Gasteiger partial charge in [0.05, 0.1) is 24.9 Å². The molecule has 1 aliphatic rings. The summed E-state index contributed by atoms with van der Waals surface area (Å²) in [4.78, 5) is 20.8. The van der Waals surface area contributed by atoms with Crippen LogP contribution >= 0.6 is 11.3 Å². The second-order valence-corrected chi connectivity index (χ2v) is 9.55. The van der Waals surface area contributed by atoms with Gasteiger partial charge in [-0.25, -0.2) is 9.50 Å². The van der Waals surface area contributed by atoms with E-state index in [1.54, 1.807) is 18.4 Å². The second-order valence-electron chi connectivity index (χ2n) is 8.62. The van der Waals surface area contributed by atoms with Crippen LogP contribution in [0.1, 0.15) is 24.0 Å². The largest absolute Gasteiger partial charge is 0.497 e. The summed E-state index contributed by atoms with van der Waals surface area (Å²) in [6.45, 7) is 5.65. The lowest BCUT2D eigenvalue weighted by Crippen LogP contribution is -2.40. The number of anilines is 2. The Morgan fingerprint density at radius 2 is 1.91 bits per heavy atom.